The van der Waals surface area contributed by atoms with Crippen molar-refractivity contribution in [2.75, 3.05) is 6.54 Å². The summed E-state index contributed by atoms with van der Waals surface area (Å²) < 4.78 is 25.5. The molecule has 0 radical (unpaired) electrons. The van der Waals surface area contributed by atoms with Crippen molar-refractivity contribution in [3.05, 3.63) is 23.8 Å². The second-order valence-electron chi connectivity index (χ2n) is 3.85. The number of carbonyl (C=O) groups excluding carboxylic acids is 1. The van der Waals surface area contributed by atoms with Gasteiger partial charge >= 0.3 is 0 Å². The molecule has 0 spiro atoms. The quantitative estimate of drug-likeness (QED) is 0.802. The third-order valence-corrected chi connectivity index (χ3v) is 2.40. The molecule has 0 aromatic carbocycles. The molecule has 2 N–H and O–H groups in total. The molecule has 19 heavy (non-hydrogen) atoms. The fourth-order valence-corrected chi connectivity index (χ4v) is 1.37. The molecular weight excluding hydrogens is 260 g/mol. The Morgan fingerprint density at radius 2 is 2.32 bits per heavy atom. The lowest BCUT2D eigenvalue weighted by Gasteiger charge is -2.08. The number of amides is 1. The maximum atomic E-state index is 12.1. The van der Waals surface area contributed by atoms with Crippen LogP contribution in [0.5, 0.6) is 0 Å². The van der Waals surface area contributed by atoms with Crippen LogP contribution < -0.4 is 5.32 Å². The Morgan fingerprint density at radius 1 is 1.58 bits per heavy atom. The van der Waals surface area contributed by atoms with Gasteiger partial charge < -0.3 is 10.4 Å². The standard InChI is InChI=1S/C10H11F2N5O2/c1-5-2-3-13-10-15-8(16-17(5)10)9(19)14-4-6(18)7(11)12/h2-3,6-7,18H,4H2,1H3,(H,14,19). The van der Waals surface area contributed by atoms with E-state index >= 15 is 0 Å². The molecule has 1 unspecified atom stereocenters. The Balaban J connectivity index is 2.12. The highest BCUT2D eigenvalue weighted by Gasteiger charge is 2.20. The van der Waals surface area contributed by atoms with Crippen molar-refractivity contribution in [1.82, 2.24) is 24.9 Å². The van der Waals surface area contributed by atoms with Crippen LogP contribution >= 0.6 is 0 Å². The average Bonchev–Trinajstić information content (AvgIpc) is 2.80. The zero-order valence-electron chi connectivity index (χ0n) is 9.92. The van der Waals surface area contributed by atoms with Crippen LogP contribution in [0.1, 0.15) is 16.3 Å². The summed E-state index contributed by atoms with van der Waals surface area (Å²) in [4.78, 5) is 19.4. The van der Waals surface area contributed by atoms with Crippen molar-refractivity contribution in [3.63, 3.8) is 0 Å². The zero-order chi connectivity index (χ0) is 14.0. The van der Waals surface area contributed by atoms with Crippen LogP contribution in [0.15, 0.2) is 12.3 Å². The predicted molar refractivity (Wildman–Crippen MR) is 59.9 cm³/mol. The number of rotatable bonds is 4. The average molecular weight is 271 g/mol. The molecule has 0 aliphatic rings. The van der Waals surface area contributed by atoms with E-state index in [0.717, 1.165) is 5.69 Å². The van der Waals surface area contributed by atoms with Crippen molar-refractivity contribution in [1.29, 1.82) is 0 Å². The first-order chi connectivity index (χ1) is 8.99. The summed E-state index contributed by atoms with van der Waals surface area (Å²) in [6.07, 6.45) is -3.32. The van der Waals surface area contributed by atoms with Gasteiger partial charge in [0.05, 0.1) is 0 Å². The fourth-order valence-electron chi connectivity index (χ4n) is 1.37. The van der Waals surface area contributed by atoms with Gasteiger partial charge in [-0.05, 0) is 13.0 Å². The number of aryl methyl sites for hydroxylation is 1. The molecule has 7 nitrogen and oxygen atoms in total. The van der Waals surface area contributed by atoms with E-state index in [1.54, 1.807) is 13.0 Å². The van der Waals surface area contributed by atoms with E-state index in [2.05, 4.69) is 20.4 Å². The van der Waals surface area contributed by atoms with Crippen molar-refractivity contribution in [2.45, 2.75) is 19.5 Å². The van der Waals surface area contributed by atoms with Crippen LogP contribution in [0, 0.1) is 6.92 Å². The van der Waals surface area contributed by atoms with Crippen molar-refractivity contribution in [2.24, 2.45) is 0 Å². The molecule has 2 aromatic rings. The molecular formula is C10H11F2N5O2. The van der Waals surface area contributed by atoms with E-state index in [1.807, 2.05) is 0 Å². The summed E-state index contributed by atoms with van der Waals surface area (Å²) in [7, 11) is 0. The lowest BCUT2D eigenvalue weighted by atomic mass is 10.3. The smallest absolute Gasteiger partial charge is 0.291 e. The Kier molecular flexibility index (Phi) is 3.65. The summed E-state index contributed by atoms with van der Waals surface area (Å²) in [5.74, 6) is -0.701. The maximum Gasteiger partial charge on any atom is 0.291 e. The molecule has 102 valence electrons. The van der Waals surface area contributed by atoms with Crippen LogP contribution in [-0.4, -0.2) is 49.7 Å². The van der Waals surface area contributed by atoms with Crippen molar-refractivity contribution < 1.29 is 18.7 Å². The Hall–Kier alpha value is -2.16. The molecule has 2 heterocycles. The molecule has 1 amide bonds. The molecule has 2 rings (SSSR count). The van der Waals surface area contributed by atoms with Crippen molar-refractivity contribution in [3.8, 4) is 0 Å². The highest BCUT2D eigenvalue weighted by Crippen LogP contribution is 2.02. The van der Waals surface area contributed by atoms with Gasteiger partial charge in [-0.25, -0.2) is 18.3 Å². The number of nitrogens with one attached hydrogen (secondary N) is 1. The van der Waals surface area contributed by atoms with Crippen molar-refractivity contribution >= 4 is 11.7 Å². The van der Waals surface area contributed by atoms with Gasteiger partial charge in [-0.15, -0.1) is 5.10 Å². The lowest BCUT2D eigenvalue weighted by molar-refractivity contribution is -0.00275. The van der Waals surface area contributed by atoms with Gasteiger partial charge in [0.1, 0.15) is 6.10 Å². The molecule has 0 bridgehead atoms. The van der Waals surface area contributed by atoms with Gasteiger partial charge in [0, 0.05) is 18.4 Å². The number of nitrogens with zero attached hydrogens (tertiary/aromatic N) is 4. The highest BCUT2D eigenvalue weighted by atomic mass is 19.3. The lowest BCUT2D eigenvalue weighted by Crippen LogP contribution is -2.36. The molecule has 0 saturated heterocycles. The number of fused-ring (bicyclic) bond motifs is 1. The monoisotopic (exact) mass is 271 g/mol. The summed E-state index contributed by atoms with van der Waals surface area (Å²) in [6.45, 7) is 1.18. The number of alkyl halides is 2. The first-order valence-electron chi connectivity index (χ1n) is 5.42. The van der Waals surface area contributed by atoms with Gasteiger partial charge in [0.25, 0.3) is 18.1 Å². The molecule has 0 aliphatic heterocycles. The summed E-state index contributed by atoms with van der Waals surface area (Å²) in [5, 5.41) is 14.9. The van der Waals surface area contributed by atoms with E-state index in [9.17, 15) is 13.6 Å². The van der Waals surface area contributed by atoms with Crippen LogP contribution in [-0.2, 0) is 0 Å². The molecule has 9 heteroatoms. The van der Waals surface area contributed by atoms with Crippen LogP contribution in [0.2, 0.25) is 0 Å². The summed E-state index contributed by atoms with van der Waals surface area (Å²) in [5.41, 5.74) is 0.726. The first kappa shape index (κ1) is 13.3. The number of aliphatic hydroxyl groups is 1. The van der Waals surface area contributed by atoms with Crippen LogP contribution in [0.4, 0.5) is 8.78 Å². The van der Waals surface area contributed by atoms with E-state index in [4.69, 9.17) is 5.11 Å². The Morgan fingerprint density at radius 3 is 2.95 bits per heavy atom. The topological polar surface area (TPSA) is 92.4 Å². The molecule has 0 fully saturated rings. The minimum Gasteiger partial charge on any atom is -0.385 e. The normalized spacial score (nSPS) is 12.9. The largest absolute Gasteiger partial charge is 0.385 e. The second kappa shape index (κ2) is 5.22. The maximum absolute atomic E-state index is 12.1. The number of halogens is 2. The van der Waals surface area contributed by atoms with Crippen LogP contribution in [0.25, 0.3) is 5.78 Å². The van der Waals surface area contributed by atoms with E-state index < -0.39 is 25.0 Å². The molecule has 0 aliphatic carbocycles. The second-order valence-corrected chi connectivity index (χ2v) is 3.85. The Bertz CT molecular complexity index is 601. The first-order valence-corrected chi connectivity index (χ1v) is 5.42. The van der Waals surface area contributed by atoms with Gasteiger partial charge in [0.2, 0.25) is 5.82 Å². The predicted octanol–water partition coefficient (Wildman–Crippen LogP) is -0.211. The minimum absolute atomic E-state index is 0.191. The SMILES string of the molecule is Cc1ccnc2nc(C(=O)NCC(O)C(F)F)nn12. The van der Waals surface area contributed by atoms with E-state index in [-0.39, 0.29) is 11.6 Å². The minimum atomic E-state index is -2.92. The van der Waals surface area contributed by atoms with Gasteiger partial charge in [-0.2, -0.15) is 4.98 Å². The highest BCUT2D eigenvalue weighted by molar-refractivity contribution is 5.90. The van der Waals surface area contributed by atoms with E-state index in [0.29, 0.717) is 0 Å². The summed E-state index contributed by atoms with van der Waals surface area (Å²) >= 11 is 0. The molecule has 2 aromatic heterocycles. The van der Waals surface area contributed by atoms with Crippen LogP contribution in [0.3, 0.4) is 0 Å². The molecule has 1 atom stereocenters. The number of aliphatic hydroxyl groups excluding tert-OH is 1. The van der Waals surface area contributed by atoms with Gasteiger partial charge in [-0.1, -0.05) is 0 Å². The fraction of sp³-hybridized carbons (Fsp3) is 0.400. The number of hydrogen-bond acceptors (Lipinski definition) is 5. The number of aromatic nitrogens is 4. The Labute approximate surface area is 106 Å². The van der Waals surface area contributed by atoms with Gasteiger partial charge in [-0.3, -0.25) is 4.79 Å². The number of hydrogen-bond donors (Lipinski definition) is 2. The number of carbonyl (C=O) groups is 1. The summed E-state index contributed by atoms with van der Waals surface area (Å²) in [6, 6.07) is 1.68. The van der Waals surface area contributed by atoms with E-state index in [1.165, 1.54) is 10.7 Å². The molecule has 0 saturated carbocycles. The van der Waals surface area contributed by atoms with Gasteiger partial charge in [0.15, 0.2) is 0 Å². The third kappa shape index (κ3) is 2.81. The third-order valence-electron chi connectivity index (χ3n) is 2.40. The zero-order valence-corrected chi connectivity index (χ0v) is 9.92.